The zero-order valence-electron chi connectivity index (χ0n) is 19.0. The Kier molecular flexibility index (Phi) is 8.57. The number of hydrogen-bond donors (Lipinski definition) is 5. The summed E-state index contributed by atoms with van der Waals surface area (Å²) in [6, 6.07) is 3.10. The van der Waals surface area contributed by atoms with Gasteiger partial charge in [-0.05, 0) is 12.1 Å². The number of anilines is 2. The van der Waals surface area contributed by atoms with Crippen molar-refractivity contribution in [1.82, 2.24) is 19.9 Å². The summed E-state index contributed by atoms with van der Waals surface area (Å²) in [7, 11) is -2.36. The summed E-state index contributed by atoms with van der Waals surface area (Å²) in [4.78, 5) is 42.0. The molecule has 0 aliphatic carbocycles. The Morgan fingerprint density at radius 1 is 1.46 bits per heavy atom. The maximum Gasteiger partial charge on any atom is 0.351 e. The molecule has 4 atom stereocenters. The highest BCUT2D eigenvalue weighted by molar-refractivity contribution is 7.51. The van der Waals surface area contributed by atoms with E-state index in [0.29, 0.717) is 11.4 Å². The van der Waals surface area contributed by atoms with Gasteiger partial charge in [-0.2, -0.15) is 4.98 Å². The number of rotatable bonds is 8. The molecule has 1 amide bonds. The second-order valence-corrected chi connectivity index (χ2v) is 9.37. The van der Waals surface area contributed by atoms with Crippen molar-refractivity contribution in [2.75, 3.05) is 38.1 Å². The lowest BCUT2D eigenvalue weighted by Gasteiger charge is -2.19. The third kappa shape index (κ3) is 7.09. The number of aromatic nitrogens is 3. The van der Waals surface area contributed by atoms with E-state index in [2.05, 4.69) is 32.6 Å². The van der Waals surface area contributed by atoms with E-state index in [1.54, 1.807) is 12.1 Å². The molecule has 2 aromatic rings. The fourth-order valence-electron chi connectivity index (χ4n) is 3.31. The van der Waals surface area contributed by atoms with E-state index in [9.17, 15) is 19.0 Å². The molecule has 7 N–H and O–H groups in total. The molecule has 35 heavy (non-hydrogen) atoms. The van der Waals surface area contributed by atoms with Gasteiger partial charge < -0.3 is 35.4 Å². The fraction of sp³-hybridized carbons (Fsp3) is 0.400. The summed E-state index contributed by atoms with van der Waals surface area (Å²) in [5, 5.41) is 2.62. The summed E-state index contributed by atoms with van der Waals surface area (Å²) in [6.07, 6.45) is 0.546. The quantitative estimate of drug-likeness (QED) is 0.132. The second kappa shape index (κ2) is 11.4. The standard InChI is InChI=1S/C20H26N7O7P/c1-32-11-15-14(34-35(2,30)31)8-17(33-15)27-10-13(18(21)25-20(27)29)4-3-7-23-19(28)12-5-6-16(26-22)24-9-12/h5-6,9-10,14-15,17H,7-8,11,22H2,1-2H3,(H,23,28)(H,24,26)(H,30,31)(H2,21,25,29). The first-order chi connectivity index (χ1) is 16.6. The largest absolute Gasteiger partial charge is 0.382 e. The number of amides is 1. The Hall–Kier alpha value is -3.31. The highest BCUT2D eigenvalue weighted by Crippen LogP contribution is 2.43. The molecule has 1 fully saturated rings. The number of nitrogen functional groups attached to an aromatic ring is 2. The summed E-state index contributed by atoms with van der Waals surface area (Å²) >= 11 is 0. The predicted octanol–water partition coefficient (Wildman–Crippen LogP) is -0.578. The summed E-state index contributed by atoms with van der Waals surface area (Å²) < 4.78 is 29.0. The molecular formula is C20H26N7O7P. The number of pyridine rings is 1. The number of carbonyl (C=O) groups excluding carboxylic acids is 1. The SMILES string of the molecule is COCC1OC(n2cc(C#CCNC(=O)c3ccc(NN)nc3)c(N)nc2=O)CC1OP(C)(=O)O. The van der Waals surface area contributed by atoms with Crippen molar-refractivity contribution in [3.63, 3.8) is 0 Å². The number of carbonyl (C=O) groups is 1. The van der Waals surface area contributed by atoms with Crippen LogP contribution in [0, 0.1) is 11.8 Å². The van der Waals surface area contributed by atoms with Crippen LogP contribution in [-0.2, 0) is 18.6 Å². The van der Waals surface area contributed by atoms with Crippen molar-refractivity contribution in [3.05, 3.63) is 46.1 Å². The first kappa shape index (κ1) is 26.3. The van der Waals surface area contributed by atoms with Crippen LogP contribution in [0.15, 0.2) is 29.3 Å². The van der Waals surface area contributed by atoms with Crippen LogP contribution in [0.25, 0.3) is 0 Å². The van der Waals surface area contributed by atoms with E-state index < -0.39 is 37.6 Å². The van der Waals surface area contributed by atoms with Gasteiger partial charge in [-0.25, -0.2) is 15.6 Å². The molecule has 0 radical (unpaired) electrons. The van der Waals surface area contributed by atoms with E-state index in [1.165, 1.54) is 24.1 Å². The highest BCUT2D eigenvalue weighted by Gasteiger charge is 2.40. The molecule has 4 unspecified atom stereocenters. The van der Waals surface area contributed by atoms with Gasteiger partial charge in [0.25, 0.3) is 5.91 Å². The maximum absolute atomic E-state index is 12.4. The number of nitrogens with zero attached hydrogens (tertiary/aromatic N) is 3. The monoisotopic (exact) mass is 507 g/mol. The normalized spacial score (nSPS) is 21.0. The van der Waals surface area contributed by atoms with Gasteiger partial charge >= 0.3 is 13.3 Å². The number of nitrogens with one attached hydrogen (secondary N) is 2. The lowest BCUT2D eigenvalue weighted by atomic mass is 10.2. The van der Waals surface area contributed by atoms with Gasteiger partial charge in [-0.1, -0.05) is 11.8 Å². The van der Waals surface area contributed by atoms with Crippen molar-refractivity contribution in [2.45, 2.75) is 24.9 Å². The average molecular weight is 507 g/mol. The van der Waals surface area contributed by atoms with Crippen LogP contribution in [-0.4, -0.2) is 64.5 Å². The van der Waals surface area contributed by atoms with Crippen molar-refractivity contribution < 1.29 is 28.3 Å². The lowest BCUT2D eigenvalue weighted by molar-refractivity contribution is -0.0518. The van der Waals surface area contributed by atoms with E-state index in [4.69, 9.17) is 25.6 Å². The molecule has 1 aliphatic rings. The molecule has 1 saturated heterocycles. The number of ether oxygens (including phenoxy) is 2. The van der Waals surface area contributed by atoms with Crippen LogP contribution in [0.3, 0.4) is 0 Å². The Labute approximate surface area is 200 Å². The summed E-state index contributed by atoms with van der Waals surface area (Å²) in [5.74, 6) is 10.7. The topological polar surface area (TPSA) is 206 Å². The third-order valence-electron chi connectivity index (χ3n) is 4.87. The van der Waals surface area contributed by atoms with Gasteiger partial charge in [0.05, 0.1) is 30.4 Å². The minimum atomic E-state index is -3.80. The summed E-state index contributed by atoms with van der Waals surface area (Å²) in [6.45, 7) is 1.14. The molecule has 0 aromatic carbocycles. The first-order valence-electron chi connectivity index (χ1n) is 10.3. The van der Waals surface area contributed by atoms with Crippen LogP contribution >= 0.6 is 7.60 Å². The van der Waals surface area contributed by atoms with Crippen molar-refractivity contribution >= 4 is 25.1 Å². The van der Waals surface area contributed by atoms with Gasteiger partial charge in [-0.3, -0.25) is 13.9 Å². The van der Waals surface area contributed by atoms with Gasteiger partial charge in [0.15, 0.2) is 0 Å². The number of hydrazine groups is 1. The Bertz CT molecular complexity index is 1220. The van der Waals surface area contributed by atoms with Gasteiger partial charge in [0.2, 0.25) is 0 Å². The van der Waals surface area contributed by atoms with Crippen LogP contribution in [0.2, 0.25) is 0 Å². The summed E-state index contributed by atoms with van der Waals surface area (Å²) in [5.41, 5.74) is 8.08. The molecule has 14 nitrogen and oxygen atoms in total. The van der Waals surface area contributed by atoms with Gasteiger partial charge in [-0.15, -0.1) is 0 Å². The zero-order chi connectivity index (χ0) is 25.6. The van der Waals surface area contributed by atoms with Crippen LogP contribution in [0.4, 0.5) is 11.6 Å². The molecule has 0 bridgehead atoms. The highest BCUT2D eigenvalue weighted by atomic mass is 31.2. The minimum absolute atomic E-state index is 0.0116. The fourth-order valence-corrected chi connectivity index (χ4v) is 4.04. The van der Waals surface area contributed by atoms with Gasteiger partial charge in [0, 0.05) is 32.6 Å². The molecule has 0 spiro atoms. The Morgan fingerprint density at radius 3 is 2.86 bits per heavy atom. The Balaban J connectivity index is 1.71. The smallest absolute Gasteiger partial charge is 0.351 e. The van der Waals surface area contributed by atoms with Crippen molar-refractivity contribution in [2.24, 2.45) is 5.84 Å². The van der Waals surface area contributed by atoms with E-state index >= 15 is 0 Å². The molecule has 15 heteroatoms. The molecule has 1 aliphatic heterocycles. The second-order valence-electron chi connectivity index (χ2n) is 7.56. The zero-order valence-corrected chi connectivity index (χ0v) is 19.9. The van der Waals surface area contributed by atoms with E-state index in [-0.39, 0.29) is 31.0 Å². The number of methoxy groups -OCH3 is 1. The van der Waals surface area contributed by atoms with Crippen molar-refractivity contribution in [3.8, 4) is 11.8 Å². The van der Waals surface area contributed by atoms with Crippen LogP contribution in [0.1, 0.15) is 28.6 Å². The lowest BCUT2D eigenvalue weighted by Crippen LogP contribution is -2.29. The molecule has 3 rings (SSSR count). The van der Waals surface area contributed by atoms with E-state index in [0.717, 1.165) is 6.66 Å². The molecule has 188 valence electrons. The third-order valence-corrected chi connectivity index (χ3v) is 5.53. The Morgan fingerprint density at radius 2 is 2.23 bits per heavy atom. The maximum atomic E-state index is 12.4. The molecule has 3 heterocycles. The van der Waals surface area contributed by atoms with Crippen LogP contribution in [0.5, 0.6) is 0 Å². The number of hydrogen-bond acceptors (Lipinski definition) is 11. The molecule has 0 saturated carbocycles. The van der Waals surface area contributed by atoms with Gasteiger partial charge in [0.1, 0.15) is 24.0 Å². The van der Waals surface area contributed by atoms with Crippen LogP contribution < -0.4 is 28.0 Å². The van der Waals surface area contributed by atoms with Crippen molar-refractivity contribution in [1.29, 1.82) is 0 Å². The molecular weight excluding hydrogens is 481 g/mol. The van der Waals surface area contributed by atoms with E-state index in [1.807, 2.05) is 0 Å². The predicted molar refractivity (Wildman–Crippen MR) is 125 cm³/mol. The minimum Gasteiger partial charge on any atom is -0.382 e. The molecule has 2 aromatic heterocycles. The average Bonchev–Trinajstić information content (AvgIpc) is 3.18. The number of nitrogens with two attached hydrogens (primary N) is 2. The first-order valence-corrected chi connectivity index (χ1v) is 12.3.